The molecule has 0 spiro atoms. The molecule has 2 rings (SSSR count). The molecule has 1 aromatic carbocycles. The molecule has 0 radical (unpaired) electrons. The Balaban J connectivity index is 2.33. The molecule has 2 aromatic rings. The Morgan fingerprint density at radius 2 is 2.20 bits per heavy atom. The summed E-state index contributed by atoms with van der Waals surface area (Å²) in [6, 6.07) is 8.41. The van der Waals surface area contributed by atoms with Gasteiger partial charge in [-0.15, -0.1) is 0 Å². The van der Waals surface area contributed by atoms with Gasteiger partial charge in [-0.25, -0.2) is 4.68 Å². The van der Waals surface area contributed by atoms with Crippen LogP contribution in [-0.2, 0) is 6.54 Å². The zero-order valence-corrected chi connectivity index (χ0v) is 12.6. The highest BCUT2D eigenvalue weighted by molar-refractivity contribution is 6.31. The van der Waals surface area contributed by atoms with E-state index in [1.54, 1.807) is 10.9 Å². The smallest absolute Gasteiger partial charge is 0.101 e. The van der Waals surface area contributed by atoms with Crippen LogP contribution in [0.1, 0.15) is 30.7 Å². The molecule has 104 valence electrons. The first-order valence-corrected chi connectivity index (χ1v) is 6.87. The minimum absolute atomic E-state index is 0.410. The third-order valence-corrected chi connectivity index (χ3v) is 3.35. The van der Waals surface area contributed by atoms with Gasteiger partial charge in [0.05, 0.1) is 22.0 Å². The summed E-state index contributed by atoms with van der Waals surface area (Å²) in [4.78, 5) is 0. The third kappa shape index (κ3) is 3.19. The molecule has 0 saturated heterocycles. The molecule has 0 unspecified atom stereocenters. The Hall–Kier alpha value is -1.83. The molecular weight excluding hydrogens is 272 g/mol. The van der Waals surface area contributed by atoms with Crippen LogP contribution in [0.3, 0.4) is 0 Å². The Bertz CT molecular complexity index is 633. The van der Waals surface area contributed by atoms with Crippen LogP contribution >= 0.6 is 11.6 Å². The fourth-order valence-electron chi connectivity index (χ4n) is 1.87. The maximum Gasteiger partial charge on any atom is 0.101 e. The molecule has 0 amide bonds. The van der Waals surface area contributed by atoms with Gasteiger partial charge in [-0.3, -0.25) is 0 Å². The molecule has 0 fully saturated rings. The van der Waals surface area contributed by atoms with E-state index in [2.05, 4.69) is 30.3 Å². The summed E-state index contributed by atoms with van der Waals surface area (Å²) in [5.41, 5.74) is 3.16. The summed E-state index contributed by atoms with van der Waals surface area (Å²) >= 11 is 6.01. The largest absolute Gasteiger partial charge is 0.310 e. The molecule has 20 heavy (non-hydrogen) atoms. The average molecular weight is 289 g/mol. The van der Waals surface area contributed by atoms with Gasteiger partial charge >= 0.3 is 0 Å². The van der Waals surface area contributed by atoms with E-state index in [1.807, 2.05) is 25.1 Å². The second-order valence-corrected chi connectivity index (χ2v) is 5.41. The maximum absolute atomic E-state index is 9.31. The summed E-state index contributed by atoms with van der Waals surface area (Å²) in [5, 5.41) is 17.6. The van der Waals surface area contributed by atoms with Crippen LogP contribution in [0.15, 0.2) is 24.4 Å². The van der Waals surface area contributed by atoms with Crippen molar-refractivity contribution in [2.45, 2.75) is 33.4 Å². The van der Waals surface area contributed by atoms with E-state index in [0.29, 0.717) is 16.6 Å². The van der Waals surface area contributed by atoms with Gasteiger partial charge in [0.25, 0.3) is 0 Å². The third-order valence-electron chi connectivity index (χ3n) is 2.98. The van der Waals surface area contributed by atoms with E-state index in [0.717, 1.165) is 23.5 Å². The van der Waals surface area contributed by atoms with E-state index < -0.39 is 0 Å². The topological polar surface area (TPSA) is 53.6 Å². The number of nitrogens with one attached hydrogen (secondary N) is 1. The fourth-order valence-corrected chi connectivity index (χ4v) is 2.00. The quantitative estimate of drug-likeness (QED) is 0.940. The number of halogens is 1. The van der Waals surface area contributed by atoms with Crippen LogP contribution < -0.4 is 5.32 Å². The van der Waals surface area contributed by atoms with Crippen molar-refractivity contribution in [3.05, 3.63) is 46.2 Å². The van der Waals surface area contributed by atoms with Gasteiger partial charge in [-0.1, -0.05) is 31.5 Å². The van der Waals surface area contributed by atoms with Crippen LogP contribution in [0.25, 0.3) is 5.69 Å². The van der Waals surface area contributed by atoms with Crippen molar-refractivity contribution < 1.29 is 0 Å². The lowest BCUT2D eigenvalue weighted by Crippen LogP contribution is -2.21. The summed E-state index contributed by atoms with van der Waals surface area (Å²) in [5.74, 6) is 0. The number of hydrogen-bond acceptors (Lipinski definition) is 3. The predicted molar refractivity (Wildman–Crippen MR) is 80.0 cm³/mol. The molecule has 1 heterocycles. The number of aryl methyl sites for hydroxylation is 1. The summed E-state index contributed by atoms with van der Waals surface area (Å²) in [6.07, 6.45) is 1.72. The van der Waals surface area contributed by atoms with E-state index >= 15 is 0 Å². The molecule has 1 N–H and O–H groups in total. The highest BCUT2D eigenvalue weighted by atomic mass is 35.5. The number of aromatic nitrogens is 2. The zero-order valence-electron chi connectivity index (χ0n) is 11.8. The van der Waals surface area contributed by atoms with Crippen LogP contribution in [0.2, 0.25) is 5.02 Å². The number of rotatable bonds is 4. The zero-order chi connectivity index (χ0) is 14.7. The van der Waals surface area contributed by atoms with Crippen LogP contribution in [0.4, 0.5) is 0 Å². The summed E-state index contributed by atoms with van der Waals surface area (Å²) in [6.45, 7) is 6.76. The Kier molecular flexibility index (Phi) is 4.43. The molecule has 0 aliphatic heterocycles. The van der Waals surface area contributed by atoms with Gasteiger partial charge < -0.3 is 5.32 Å². The Labute approximate surface area is 124 Å². The molecule has 0 saturated carbocycles. The highest BCUT2D eigenvalue weighted by Crippen LogP contribution is 2.20. The molecular formula is C15H17ClN4. The standard InChI is InChI=1S/C15H17ClN4/c1-10(2)18-8-12-4-5-15(13(6-12)7-17)20-9-14(16)11(3)19-20/h4-6,9-10,18H,8H2,1-3H3. The van der Waals surface area contributed by atoms with E-state index in [4.69, 9.17) is 11.6 Å². The number of nitrogens with zero attached hydrogens (tertiary/aromatic N) is 3. The molecule has 1 aromatic heterocycles. The molecule has 0 aliphatic rings. The second-order valence-electron chi connectivity index (χ2n) is 5.01. The van der Waals surface area contributed by atoms with Gasteiger partial charge in [-0.05, 0) is 24.6 Å². The van der Waals surface area contributed by atoms with Crippen molar-refractivity contribution in [1.82, 2.24) is 15.1 Å². The van der Waals surface area contributed by atoms with Crippen molar-refractivity contribution in [2.75, 3.05) is 0 Å². The lowest BCUT2D eigenvalue weighted by atomic mass is 10.1. The van der Waals surface area contributed by atoms with Crippen molar-refractivity contribution in [3.63, 3.8) is 0 Å². The minimum atomic E-state index is 0.410. The number of hydrogen-bond donors (Lipinski definition) is 1. The van der Waals surface area contributed by atoms with Crippen LogP contribution in [0, 0.1) is 18.3 Å². The molecule has 0 atom stereocenters. The first-order valence-electron chi connectivity index (χ1n) is 6.50. The number of benzene rings is 1. The van der Waals surface area contributed by atoms with E-state index in [9.17, 15) is 5.26 Å². The van der Waals surface area contributed by atoms with E-state index in [-0.39, 0.29) is 0 Å². The van der Waals surface area contributed by atoms with Gasteiger partial charge in [0, 0.05) is 18.8 Å². The first-order chi connectivity index (χ1) is 9.51. The molecule has 0 bridgehead atoms. The normalized spacial score (nSPS) is 10.8. The average Bonchev–Trinajstić information content (AvgIpc) is 2.75. The fraction of sp³-hybridized carbons (Fsp3) is 0.333. The SMILES string of the molecule is Cc1nn(-c2ccc(CNC(C)C)cc2C#N)cc1Cl. The minimum Gasteiger partial charge on any atom is -0.310 e. The second kappa shape index (κ2) is 6.08. The van der Waals surface area contributed by atoms with Gasteiger partial charge in [0.1, 0.15) is 6.07 Å². The lowest BCUT2D eigenvalue weighted by molar-refractivity contribution is 0.588. The van der Waals surface area contributed by atoms with Crippen molar-refractivity contribution in [3.8, 4) is 11.8 Å². The molecule has 5 heteroatoms. The summed E-state index contributed by atoms with van der Waals surface area (Å²) in [7, 11) is 0. The monoisotopic (exact) mass is 288 g/mol. The van der Waals surface area contributed by atoms with E-state index in [1.165, 1.54) is 0 Å². The van der Waals surface area contributed by atoms with Gasteiger partial charge in [0.15, 0.2) is 0 Å². The van der Waals surface area contributed by atoms with Crippen molar-refractivity contribution in [1.29, 1.82) is 5.26 Å². The van der Waals surface area contributed by atoms with Crippen molar-refractivity contribution >= 4 is 11.6 Å². The highest BCUT2D eigenvalue weighted by Gasteiger charge is 2.09. The molecule has 4 nitrogen and oxygen atoms in total. The maximum atomic E-state index is 9.31. The molecule has 0 aliphatic carbocycles. The predicted octanol–water partition coefficient (Wildman–Crippen LogP) is 3.20. The summed E-state index contributed by atoms with van der Waals surface area (Å²) < 4.78 is 1.65. The van der Waals surface area contributed by atoms with Crippen LogP contribution in [0.5, 0.6) is 0 Å². The van der Waals surface area contributed by atoms with Gasteiger partial charge in [-0.2, -0.15) is 10.4 Å². The Morgan fingerprint density at radius 3 is 2.75 bits per heavy atom. The lowest BCUT2D eigenvalue weighted by Gasteiger charge is -2.10. The Morgan fingerprint density at radius 1 is 1.45 bits per heavy atom. The van der Waals surface area contributed by atoms with Crippen molar-refractivity contribution in [2.24, 2.45) is 0 Å². The first kappa shape index (κ1) is 14.6. The number of nitriles is 1. The van der Waals surface area contributed by atoms with Crippen LogP contribution in [-0.4, -0.2) is 15.8 Å². The van der Waals surface area contributed by atoms with Gasteiger partial charge in [0.2, 0.25) is 0 Å².